The first-order chi connectivity index (χ1) is 13.6. The number of fused-ring (bicyclic) bond motifs is 1. The SMILES string of the molecule is CCc1ccc(-c2cc(C(=O)N3Cc4nnc(C5CC5)n4[C@@H](C)C3)[nH]n2)cc1. The minimum absolute atomic E-state index is 0.0435. The van der Waals surface area contributed by atoms with E-state index in [4.69, 9.17) is 0 Å². The number of hydrogen-bond donors (Lipinski definition) is 1. The molecule has 1 aliphatic heterocycles. The molecule has 5 rings (SSSR count). The van der Waals surface area contributed by atoms with E-state index in [1.165, 1.54) is 18.4 Å². The predicted molar refractivity (Wildman–Crippen MR) is 105 cm³/mol. The van der Waals surface area contributed by atoms with Gasteiger partial charge >= 0.3 is 0 Å². The van der Waals surface area contributed by atoms with Crippen LogP contribution in [0.2, 0.25) is 0 Å². The third-order valence-corrected chi connectivity index (χ3v) is 5.75. The normalized spacial score (nSPS) is 18.9. The Morgan fingerprint density at radius 1 is 1.21 bits per heavy atom. The number of nitrogens with zero attached hydrogens (tertiary/aromatic N) is 5. The van der Waals surface area contributed by atoms with Crippen molar-refractivity contribution < 1.29 is 4.79 Å². The molecular weight excluding hydrogens is 352 g/mol. The van der Waals surface area contributed by atoms with Crippen LogP contribution < -0.4 is 0 Å². The molecule has 1 atom stereocenters. The Labute approximate surface area is 163 Å². The Hall–Kier alpha value is -2.96. The van der Waals surface area contributed by atoms with Crippen LogP contribution in [0.15, 0.2) is 30.3 Å². The molecule has 0 bridgehead atoms. The molecule has 1 N–H and O–H groups in total. The van der Waals surface area contributed by atoms with Gasteiger partial charge in [0, 0.05) is 18.0 Å². The van der Waals surface area contributed by atoms with Gasteiger partial charge in [-0.05, 0) is 37.8 Å². The molecule has 1 aromatic carbocycles. The molecule has 7 nitrogen and oxygen atoms in total. The van der Waals surface area contributed by atoms with Crippen molar-refractivity contribution in [3.8, 4) is 11.3 Å². The number of nitrogens with one attached hydrogen (secondary N) is 1. The third kappa shape index (κ3) is 2.91. The van der Waals surface area contributed by atoms with Gasteiger partial charge in [-0.1, -0.05) is 31.2 Å². The lowest BCUT2D eigenvalue weighted by Crippen LogP contribution is -2.40. The van der Waals surface area contributed by atoms with Crippen molar-refractivity contribution in [3.63, 3.8) is 0 Å². The zero-order valence-corrected chi connectivity index (χ0v) is 16.2. The van der Waals surface area contributed by atoms with E-state index in [9.17, 15) is 4.79 Å². The average Bonchev–Trinajstić information content (AvgIpc) is 3.27. The molecule has 28 heavy (non-hydrogen) atoms. The van der Waals surface area contributed by atoms with Crippen molar-refractivity contribution in [2.45, 2.75) is 51.6 Å². The monoisotopic (exact) mass is 376 g/mol. The molecule has 2 aliphatic rings. The van der Waals surface area contributed by atoms with Crippen molar-refractivity contribution >= 4 is 5.91 Å². The highest BCUT2D eigenvalue weighted by Gasteiger charge is 2.36. The number of aromatic nitrogens is 5. The van der Waals surface area contributed by atoms with Crippen LogP contribution in [0.1, 0.15) is 66.3 Å². The first-order valence-corrected chi connectivity index (χ1v) is 10.0. The number of H-pyrrole nitrogens is 1. The number of rotatable bonds is 4. The van der Waals surface area contributed by atoms with Crippen LogP contribution in [-0.4, -0.2) is 42.3 Å². The summed E-state index contributed by atoms with van der Waals surface area (Å²) in [5.74, 6) is 2.48. The number of carbonyl (C=O) groups excluding carboxylic acids is 1. The Morgan fingerprint density at radius 2 is 2.00 bits per heavy atom. The fourth-order valence-corrected chi connectivity index (χ4v) is 4.00. The van der Waals surface area contributed by atoms with E-state index in [0.717, 1.165) is 29.3 Å². The maximum Gasteiger partial charge on any atom is 0.272 e. The number of aryl methyl sites for hydroxylation is 1. The van der Waals surface area contributed by atoms with Gasteiger partial charge in [0.25, 0.3) is 5.91 Å². The largest absolute Gasteiger partial charge is 0.328 e. The van der Waals surface area contributed by atoms with Gasteiger partial charge in [0.15, 0.2) is 5.82 Å². The summed E-state index contributed by atoms with van der Waals surface area (Å²) in [5, 5.41) is 16.0. The molecule has 1 saturated carbocycles. The van der Waals surface area contributed by atoms with Gasteiger partial charge in [0.1, 0.15) is 11.5 Å². The summed E-state index contributed by atoms with van der Waals surface area (Å²) in [4.78, 5) is 14.9. The molecule has 0 spiro atoms. The summed E-state index contributed by atoms with van der Waals surface area (Å²) in [6.45, 7) is 5.41. The van der Waals surface area contributed by atoms with E-state index in [2.05, 4.69) is 50.9 Å². The van der Waals surface area contributed by atoms with Gasteiger partial charge in [0.05, 0.1) is 18.3 Å². The molecule has 0 radical (unpaired) electrons. The molecule has 1 fully saturated rings. The fraction of sp³-hybridized carbons (Fsp3) is 0.429. The summed E-state index contributed by atoms with van der Waals surface area (Å²) in [6.07, 6.45) is 3.40. The van der Waals surface area contributed by atoms with E-state index in [1.807, 2.05) is 23.1 Å². The van der Waals surface area contributed by atoms with Crippen molar-refractivity contribution in [1.82, 2.24) is 29.9 Å². The molecule has 0 unspecified atom stereocenters. The quantitative estimate of drug-likeness (QED) is 0.757. The second kappa shape index (κ2) is 6.58. The van der Waals surface area contributed by atoms with Crippen LogP contribution in [-0.2, 0) is 13.0 Å². The van der Waals surface area contributed by atoms with Gasteiger partial charge in [-0.25, -0.2) is 0 Å². The van der Waals surface area contributed by atoms with Crippen LogP contribution in [0.5, 0.6) is 0 Å². The lowest BCUT2D eigenvalue weighted by molar-refractivity contribution is 0.0673. The number of carbonyl (C=O) groups is 1. The highest BCUT2D eigenvalue weighted by Crippen LogP contribution is 2.41. The van der Waals surface area contributed by atoms with E-state index < -0.39 is 0 Å². The van der Waals surface area contributed by atoms with Crippen LogP contribution in [0.4, 0.5) is 0 Å². The van der Waals surface area contributed by atoms with Crippen molar-refractivity contribution in [2.24, 2.45) is 0 Å². The van der Waals surface area contributed by atoms with E-state index >= 15 is 0 Å². The van der Waals surface area contributed by atoms with Crippen molar-refractivity contribution in [1.29, 1.82) is 0 Å². The number of aromatic amines is 1. The standard InChI is InChI=1S/C21H24N6O/c1-3-14-4-6-15(7-5-14)17-10-18(23-22-17)21(28)26-11-13(2)27-19(12-26)24-25-20(27)16-8-9-16/h4-7,10,13,16H,3,8-9,11-12H2,1-2H3,(H,22,23)/t13-/m0/s1. The Bertz CT molecular complexity index is 1010. The van der Waals surface area contributed by atoms with Crippen LogP contribution in [0, 0.1) is 0 Å². The second-order valence-electron chi connectivity index (χ2n) is 7.87. The molecule has 3 heterocycles. The first-order valence-electron chi connectivity index (χ1n) is 10.0. The summed E-state index contributed by atoms with van der Waals surface area (Å²) < 4.78 is 2.23. The van der Waals surface area contributed by atoms with Gasteiger partial charge in [-0.2, -0.15) is 5.10 Å². The van der Waals surface area contributed by atoms with Crippen molar-refractivity contribution in [3.05, 3.63) is 53.2 Å². The maximum absolute atomic E-state index is 13.1. The molecule has 7 heteroatoms. The molecule has 3 aromatic rings. The smallest absolute Gasteiger partial charge is 0.272 e. The Balaban J connectivity index is 1.36. The second-order valence-corrected chi connectivity index (χ2v) is 7.87. The topological polar surface area (TPSA) is 79.7 Å². The average molecular weight is 376 g/mol. The molecule has 1 aliphatic carbocycles. The number of hydrogen-bond acceptors (Lipinski definition) is 4. The van der Waals surface area contributed by atoms with Gasteiger partial charge in [0.2, 0.25) is 0 Å². The minimum atomic E-state index is -0.0435. The fourth-order valence-electron chi connectivity index (χ4n) is 4.00. The van der Waals surface area contributed by atoms with Gasteiger partial charge in [-0.3, -0.25) is 9.89 Å². The minimum Gasteiger partial charge on any atom is -0.328 e. The lowest BCUT2D eigenvalue weighted by atomic mass is 10.1. The molecule has 2 aromatic heterocycles. The third-order valence-electron chi connectivity index (χ3n) is 5.75. The van der Waals surface area contributed by atoms with Crippen LogP contribution in [0.25, 0.3) is 11.3 Å². The highest BCUT2D eigenvalue weighted by molar-refractivity contribution is 5.93. The lowest BCUT2D eigenvalue weighted by Gasteiger charge is -2.32. The zero-order valence-electron chi connectivity index (χ0n) is 16.2. The molecule has 0 saturated heterocycles. The van der Waals surface area contributed by atoms with Gasteiger partial charge in [-0.15, -0.1) is 10.2 Å². The summed E-state index contributed by atoms with van der Waals surface area (Å²) in [6, 6.07) is 10.3. The van der Waals surface area contributed by atoms with E-state index in [1.54, 1.807) is 0 Å². The Morgan fingerprint density at radius 3 is 2.71 bits per heavy atom. The van der Waals surface area contributed by atoms with Crippen LogP contribution >= 0.6 is 0 Å². The van der Waals surface area contributed by atoms with E-state index in [-0.39, 0.29) is 11.9 Å². The summed E-state index contributed by atoms with van der Waals surface area (Å²) in [7, 11) is 0. The van der Waals surface area contributed by atoms with Crippen molar-refractivity contribution in [2.75, 3.05) is 6.54 Å². The summed E-state index contributed by atoms with van der Waals surface area (Å²) in [5.41, 5.74) is 3.59. The number of amides is 1. The number of benzene rings is 1. The predicted octanol–water partition coefficient (Wildman–Crippen LogP) is 3.33. The molecule has 144 valence electrons. The van der Waals surface area contributed by atoms with Gasteiger partial charge < -0.3 is 9.47 Å². The zero-order chi connectivity index (χ0) is 19.3. The van der Waals surface area contributed by atoms with Crippen LogP contribution in [0.3, 0.4) is 0 Å². The Kier molecular flexibility index (Phi) is 4.03. The highest BCUT2D eigenvalue weighted by atomic mass is 16.2. The van der Waals surface area contributed by atoms with E-state index in [0.29, 0.717) is 24.7 Å². The summed E-state index contributed by atoms with van der Waals surface area (Å²) >= 11 is 0. The maximum atomic E-state index is 13.1. The molecular formula is C21H24N6O. The molecule has 1 amide bonds. The first kappa shape index (κ1) is 17.2.